The zero-order valence-electron chi connectivity index (χ0n) is 15.1. The van der Waals surface area contributed by atoms with Crippen molar-refractivity contribution in [1.82, 2.24) is 0 Å². The number of benzene rings is 3. The summed E-state index contributed by atoms with van der Waals surface area (Å²) in [5.74, 6) is 0.289. The normalized spacial score (nSPS) is 23.3. The highest BCUT2D eigenvalue weighted by molar-refractivity contribution is 6.00. The number of nitrogens with zero attached hydrogens (tertiary/aromatic N) is 1. The molecule has 1 heterocycles. The molecular formula is C24H20FNO. The summed E-state index contributed by atoms with van der Waals surface area (Å²) >= 11 is 0. The van der Waals surface area contributed by atoms with Gasteiger partial charge in [-0.05, 0) is 52.4 Å². The van der Waals surface area contributed by atoms with Gasteiger partial charge in [-0.15, -0.1) is 0 Å². The maximum absolute atomic E-state index is 13.5. The second-order valence-electron chi connectivity index (χ2n) is 7.46. The van der Waals surface area contributed by atoms with Crippen LogP contribution in [-0.4, -0.2) is 5.91 Å². The Morgan fingerprint density at radius 1 is 1.04 bits per heavy atom. The smallest absolute Gasteiger partial charge is 0.224 e. The van der Waals surface area contributed by atoms with E-state index in [4.69, 9.17) is 0 Å². The van der Waals surface area contributed by atoms with E-state index < -0.39 is 0 Å². The monoisotopic (exact) mass is 357 g/mol. The lowest BCUT2D eigenvalue weighted by atomic mass is 9.74. The van der Waals surface area contributed by atoms with Gasteiger partial charge in [0.1, 0.15) is 5.82 Å². The number of halogens is 1. The van der Waals surface area contributed by atoms with Crippen LogP contribution in [0.15, 0.2) is 72.8 Å². The van der Waals surface area contributed by atoms with Crippen LogP contribution in [0.1, 0.15) is 36.4 Å². The van der Waals surface area contributed by atoms with Gasteiger partial charge in [0.25, 0.3) is 0 Å². The number of hydrogen-bond donors (Lipinski definition) is 0. The molecule has 2 aliphatic rings. The summed E-state index contributed by atoms with van der Waals surface area (Å²) in [5, 5.41) is 2.40. The highest BCUT2D eigenvalue weighted by Crippen LogP contribution is 2.54. The van der Waals surface area contributed by atoms with Gasteiger partial charge in [-0.1, -0.05) is 54.6 Å². The van der Waals surface area contributed by atoms with Crippen molar-refractivity contribution in [2.24, 2.45) is 5.92 Å². The van der Waals surface area contributed by atoms with E-state index in [9.17, 15) is 9.18 Å². The zero-order chi connectivity index (χ0) is 18.5. The Kier molecular flexibility index (Phi) is 3.64. The molecule has 0 spiro atoms. The van der Waals surface area contributed by atoms with E-state index in [0.29, 0.717) is 0 Å². The highest BCUT2D eigenvalue weighted by atomic mass is 19.1. The van der Waals surface area contributed by atoms with E-state index in [0.717, 1.165) is 17.7 Å². The SMILES string of the molecule is CC(=O)N1c2ccc3ccccc3c2[C@@H]2C=CC[C@H]2[C@@H]1c1ccc(F)cc1. The van der Waals surface area contributed by atoms with Crippen molar-refractivity contribution in [3.05, 3.63) is 89.8 Å². The lowest BCUT2D eigenvalue weighted by Crippen LogP contribution is -2.42. The maximum atomic E-state index is 13.5. The van der Waals surface area contributed by atoms with Gasteiger partial charge in [0.05, 0.1) is 6.04 Å². The molecule has 27 heavy (non-hydrogen) atoms. The van der Waals surface area contributed by atoms with Crippen molar-refractivity contribution < 1.29 is 9.18 Å². The molecule has 3 aromatic rings. The molecular weight excluding hydrogens is 337 g/mol. The molecule has 0 aromatic heterocycles. The number of allylic oxidation sites excluding steroid dienone is 2. The van der Waals surface area contributed by atoms with Gasteiger partial charge in [0.15, 0.2) is 0 Å². The lowest BCUT2D eigenvalue weighted by molar-refractivity contribution is -0.117. The standard InChI is InChI=1S/C24H20FNO/c1-15(27)26-22-14-11-16-5-2-3-6-19(16)23(22)20-7-4-8-21(20)24(26)17-9-12-18(25)13-10-17/h2-7,9-14,20-21,24H,8H2,1H3/t20-,21-,24+/m1/s1. The van der Waals surface area contributed by atoms with Crippen molar-refractivity contribution >= 4 is 22.4 Å². The van der Waals surface area contributed by atoms with E-state index in [1.54, 1.807) is 6.92 Å². The molecule has 134 valence electrons. The average Bonchev–Trinajstić information content (AvgIpc) is 3.16. The molecule has 0 radical (unpaired) electrons. The molecule has 2 nitrogen and oxygen atoms in total. The lowest BCUT2D eigenvalue weighted by Gasteiger charge is -2.44. The number of hydrogen-bond acceptors (Lipinski definition) is 1. The van der Waals surface area contributed by atoms with E-state index >= 15 is 0 Å². The van der Waals surface area contributed by atoms with Crippen molar-refractivity contribution in [1.29, 1.82) is 0 Å². The van der Waals surface area contributed by atoms with Crippen molar-refractivity contribution in [2.45, 2.75) is 25.3 Å². The number of anilines is 1. The number of amides is 1. The third-order valence-electron chi connectivity index (χ3n) is 5.99. The summed E-state index contributed by atoms with van der Waals surface area (Å²) in [4.78, 5) is 14.7. The van der Waals surface area contributed by atoms with Crippen LogP contribution < -0.4 is 4.90 Å². The van der Waals surface area contributed by atoms with Crippen molar-refractivity contribution in [3.63, 3.8) is 0 Å². The second kappa shape index (κ2) is 6.05. The average molecular weight is 357 g/mol. The Balaban J connectivity index is 1.78. The first-order valence-electron chi connectivity index (χ1n) is 9.39. The molecule has 1 aliphatic carbocycles. The minimum Gasteiger partial charge on any atom is -0.305 e. The van der Waals surface area contributed by atoms with Gasteiger partial charge in [0.2, 0.25) is 5.91 Å². The summed E-state index contributed by atoms with van der Waals surface area (Å²) in [7, 11) is 0. The van der Waals surface area contributed by atoms with E-state index in [1.807, 2.05) is 23.1 Å². The fourth-order valence-corrected chi connectivity index (χ4v) is 4.91. The summed E-state index contributed by atoms with van der Waals surface area (Å²) in [5.41, 5.74) is 3.20. The molecule has 0 bridgehead atoms. The largest absolute Gasteiger partial charge is 0.305 e. The Morgan fingerprint density at radius 3 is 2.59 bits per heavy atom. The van der Waals surface area contributed by atoms with Gasteiger partial charge >= 0.3 is 0 Å². The number of carbonyl (C=O) groups excluding carboxylic acids is 1. The summed E-state index contributed by atoms with van der Waals surface area (Å²) < 4.78 is 13.5. The predicted octanol–water partition coefficient (Wildman–Crippen LogP) is 5.75. The first-order valence-corrected chi connectivity index (χ1v) is 9.39. The van der Waals surface area contributed by atoms with E-state index in [-0.39, 0.29) is 29.6 Å². The molecule has 0 N–H and O–H groups in total. The Labute approximate surface area is 157 Å². The van der Waals surface area contributed by atoms with E-state index in [1.165, 1.54) is 28.5 Å². The number of carbonyl (C=O) groups is 1. The minimum absolute atomic E-state index is 0.0196. The second-order valence-corrected chi connectivity index (χ2v) is 7.46. The Hall–Kier alpha value is -2.94. The van der Waals surface area contributed by atoms with Crippen LogP contribution in [0, 0.1) is 11.7 Å². The first kappa shape index (κ1) is 16.2. The molecule has 3 heteroatoms. The fraction of sp³-hybridized carbons (Fsp3) is 0.208. The van der Waals surface area contributed by atoms with Gasteiger partial charge in [-0.2, -0.15) is 0 Å². The van der Waals surface area contributed by atoms with Gasteiger partial charge in [-0.25, -0.2) is 4.39 Å². The van der Waals surface area contributed by atoms with Crippen LogP contribution in [-0.2, 0) is 4.79 Å². The summed E-state index contributed by atoms with van der Waals surface area (Å²) in [6.07, 6.45) is 5.42. The molecule has 0 saturated carbocycles. The van der Waals surface area contributed by atoms with Crippen LogP contribution in [0.3, 0.4) is 0 Å². The van der Waals surface area contributed by atoms with E-state index in [2.05, 4.69) is 42.5 Å². The van der Waals surface area contributed by atoms with Crippen LogP contribution in [0.25, 0.3) is 10.8 Å². The third kappa shape index (κ3) is 2.42. The third-order valence-corrected chi connectivity index (χ3v) is 5.99. The first-order chi connectivity index (χ1) is 13.1. The van der Waals surface area contributed by atoms with Crippen LogP contribution in [0.4, 0.5) is 10.1 Å². The minimum atomic E-state index is -0.253. The fourth-order valence-electron chi connectivity index (χ4n) is 4.91. The van der Waals surface area contributed by atoms with Crippen molar-refractivity contribution in [2.75, 3.05) is 4.90 Å². The number of fused-ring (bicyclic) bond motifs is 5. The molecule has 5 rings (SSSR count). The predicted molar refractivity (Wildman–Crippen MR) is 106 cm³/mol. The number of rotatable bonds is 1. The van der Waals surface area contributed by atoms with Gasteiger partial charge in [0, 0.05) is 18.5 Å². The molecule has 0 unspecified atom stereocenters. The Bertz CT molecular complexity index is 1070. The Morgan fingerprint density at radius 2 is 1.81 bits per heavy atom. The molecule has 3 atom stereocenters. The molecule has 1 aliphatic heterocycles. The topological polar surface area (TPSA) is 20.3 Å². The summed E-state index contributed by atoms with van der Waals surface area (Å²) in [6, 6.07) is 19.0. The molecule has 0 fully saturated rings. The molecule has 1 amide bonds. The molecule has 0 saturated heterocycles. The molecule has 3 aromatic carbocycles. The zero-order valence-corrected chi connectivity index (χ0v) is 15.1. The van der Waals surface area contributed by atoms with Crippen LogP contribution >= 0.6 is 0 Å². The van der Waals surface area contributed by atoms with Crippen molar-refractivity contribution in [3.8, 4) is 0 Å². The van der Waals surface area contributed by atoms with Gasteiger partial charge < -0.3 is 4.90 Å². The van der Waals surface area contributed by atoms with Gasteiger partial charge in [-0.3, -0.25) is 4.79 Å². The summed E-state index contributed by atoms with van der Waals surface area (Å²) in [6.45, 7) is 1.62. The highest BCUT2D eigenvalue weighted by Gasteiger charge is 2.44. The van der Waals surface area contributed by atoms with Crippen LogP contribution in [0.2, 0.25) is 0 Å². The maximum Gasteiger partial charge on any atom is 0.224 e. The van der Waals surface area contributed by atoms with Crippen LogP contribution in [0.5, 0.6) is 0 Å². The quantitative estimate of drug-likeness (QED) is 0.508.